The largest absolute Gasteiger partial charge is 0.432 e. The van der Waals surface area contributed by atoms with E-state index >= 15 is 0 Å². The van der Waals surface area contributed by atoms with E-state index in [1.165, 1.54) is 0 Å². The van der Waals surface area contributed by atoms with Crippen molar-refractivity contribution in [3.8, 4) is 11.3 Å². The second-order valence-corrected chi connectivity index (χ2v) is 7.49. The molecule has 3 N–H and O–H groups in total. The van der Waals surface area contributed by atoms with E-state index in [1.807, 2.05) is 17.2 Å². The maximum Gasteiger partial charge on any atom is 0.432 e. The summed E-state index contributed by atoms with van der Waals surface area (Å²) < 4.78 is 38.2. The molecule has 1 aliphatic carbocycles. The Kier molecular flexibility index (Phi) is 5.51. The molecule has 1 amide bonds. The van der Waals surface area contributed by atoms with Crippen LogP contribution >= 0.6 is 0 Å². The fourth-order valence-corrected chi connectivity index (χ4v) is 3.89. The Hall–Kier alpha value is -3.24. The Labute approximate surface area is 169 Å². The van der Waals surface area contributed by atoms with Crippen LogP contribution in [0.5, 0.6) is 0 Å². The molecule has 8 nitrogen and oxygen atoms in total. The van der Waals surface area contributed by atoms with Gasteiger partial charge in [0.15, 0.2) is 0 Å². The summed E-state index contributed by atoms with van der Waals surface area (Å²) in [4.78, 5) is 12.1. The van der Waals surface area contributed by atoms with Gasteiger partial charge in [-0.25, -0.2) is 0 Å². The van der Waals surface area contributed by atoms with Crippen LogP contribution in [0.15, 0.2) is 30.3 Å². The first kappa shape index (κ1) is 20.0. The number of tetrazole rings is 1. The number of aromatic amines is 2. The predicted molar refractivity (Wildman–Crippen MR) is 101 cm³/mol. The van der Waals surface area contributed by atoms with Gasteiger partial charge < -0.3 is 0 Å². The van der Waals surface area contributed by atoms with E-state index in [9.17, 15) is 18.0 Å². The first-order valence-electron chi connectivity index (χ1n) is 9.64. The van der Waals surface area contributed by atoms with Crippen molar-refractivity contribution in [1.29, 1.82) is 0 Å². The highest BCUT2D eigenvalue weighted by atomic mass is 19.4. The summed E-state index contributed by atoms with van der Waals surface area (Å²) in [5.41, 5.74) is 1.20. The Morgan fingerprint density at radius 2 is 1.83 bits per heavy atom. The molecule has 1 aromatic carbocycles. The van der Waals surface area contributed by atoms with Crippen molar-refractivity contribution in [1.82, 2.24) is 30.8 Å². The topological polar surface area (TPSA) is 112 Å². The quantitative estimate of drug-likeness (QED) is 0.580. The first-order chi connectivity index (χ1) is 14.4. The summed E-state index contributed by atoms with van der Waals surface area (Å²) in [7, 11) is 0. The lowest BCUT2D eigenvalue weighted by Gasteiger charge is -2.28. The van der Waals surface area contributed by atoms with Crippen LogP contribution in [-0.4, -0.2) is 36.7 Å². The van der Waals surface area contributed by atoms with E-state index in [1.54, 1.807) is 12.1 Å². The number of hydrogen-bond acceptors (Lipinski definition) is 5. The molecule has 0 radical (unpaired) electrons. The lowest BCUT2D eigenvalue weighted by molar-refractivity contribution is -0.141. The number of carbonyl (C=O) groups excluding carboxylic acids is 1. The number of nitrogens with one attached hydrogen (secondary N) is 3. The van der Waals surface area contributed by atoms with Gasteiger partial charge in [0.25, 0.3) is 5.95 Å². The van der Waals surface area contributed by atoms with Crippen molar-refractivity contribution in [2.24, 2.45) is 5.92 Å². The van der Waals surface area contributed by atoms with Crippen molar-refractivity contribution in [2.45, 2.75) is 44.2 Å². The summed E-state index contributed by atoms with van der Waals surface area (Å²) in [5.74, 6) is 0.729. The third kappa shape index (κ3) is 4.66. The zero-order valence-electron chi connectivity index (χ0n) is 15.9. The summed E-state index contributed by atoms with van der Waals surface area (Å²) >= 11 is 0. The number of amides is 1. The Morgan fingerprint density at radius 3 is 2.43 bits per heavy atom. The van der Waals surface area contributed by atoms with E-state index in [0.717, 1.165) is 37.3 Å². The highest BCUT2D eigenvalue weighted by Gasteiger charge is 2.33. The number of anilines is 1. The number of rotatable bonds is 5. The average molecular weight is 419 g/mol. The normalized spacial score (nSPS) is 19.6. The first-order valence-corrected chi connectivity index (χ1v) is 9.64. The molecule has 0 aliphatic heterocycles. The fourth-order valence-electron chi connectivity index (χ4n) is 3.89. The fraction of sp³-hybridized carbons (Fsp3) is 0.421. The number of halogens is 3. The van der Waals surface area contributed by atoms with Crippen LogP contribution in [0.4, 0.5) is 19.1 Å². The van der Waals surface area contributed by atoms with Gasteiger partial charge >= 0.3 is 6.18 Å². The van der Waals surface area contributed by atoms with Crippen LogP contribution in [0, 0.1) is 5.92 Å². The van der Waals surface area contributed by atoms with E-state index in [0.29, 0.717) is 23.8 Å². The van der Waals surface area contributed by atoms with Gasteiger partial charge in [0.1, 0.15) is 5.69 Å². The molecule has 1 fully saturated rings. The molecule has 0 unspecified atom stereocenters. The molecule has 0 spiro atoms. The average Bonchev–Trinajstić information content (AvgIpc) is 3.40. The Bertz CT molecular complexity index is 974. The third-order valence-corrected chi connectivity index (χ3v) is 5.48. The lowest BCUT2D eigenvalue weighted by Crippen LogP contribution is -2.21. The number of benzene rings is 1. The molecule has 2 heterocycles. The molecule has 4 rings (SSSR count). The van der Waals surface area contributed by atoms with Crippen molar-refractivity contribution in [2.75, 3.05) is 5.32 Å². The van der Waals surface area contributed by atoms with Crippen LogP contribution in [0.3, 0.4) is 0 Å². The van der Waals surface area contributed by atoms with Crippen molar-refractivity contribution < 1.29 is 18.0 Å². The van der Waals surface area contributed by atoms with Crippen LogP contribution < -0.4 is 5.32 Å². The smallest absolute Gasteiger partial charge is 0.292 e. The van der Waals surface area contributed by atoms with Crippen LogP contribution in [0.1, 0.15) is 49.3 Å². The molecule has 3 aromatic rings. The van der Waals surface area contributed by atoms with Crippen molar-refractivity contribution in [3.05, 3.63) is 41.6 Å². The molecular weight excluding hydrogens is 399 g/mol. The van der Waals surface area contributed by atoms with Gasteiger partial charge in [0.05, 0.1) is 5.69 Å². The maximum absolute atomic E-state index is 12.7. The van der Waals surface area contributed by atoms with Gasteiger partial charge in [-0.2, -0.15) is 23.5 Å². The van der Waals surface area contributed by atoms with Crippen molar-refractivity contribution in [3.63, 3.8) is 0 Å². The predicted octanol–water partition coefficient (Wildman–Crippen LogP) is 3.91. The van der Waals surface area contributed by atoms with E-state index in [4.69, 9.17) is 0 Å². The second-order valence-electron chi connectivity index (χ2n) is 7.49. The highest BCUT2D eigenvalue weighted by molar-refractivity contribution is 5.88. The third-order valence-electron chi connectivity index (χ3n) is 5.48. The Balaban J connectivity index is 1.30. The molecule has 0 bridgehead atoms. The minimum atomic E-state index is -4.44. The number of carbonyl (C=O) groups is 1. The summed E-state index contributed by atoms with van der Waals surface area (Å²) in [6.07, 6.45) is -0.242. The zero-order chi connectivity index (χ0) is 21.1. The monoisotopic (exact) mass is 419 g/mol. The molecule has 30 heavy (non-hydrogen) atoms. The van der Waals surface area contributed by atoms with Gasteiger partial charge in [0, 0.05) is 12.0 Å². The zero-order valence-corrected chi connectivity index (χ0v) is 15.9. The minimum Gasteiger partial charge on any atom is -0.292 e. The number of H-pyrrole nitrogens is 2. The molecule has 0 saturated heterocycles. The number of nitrogens with zero attached hydrogens (tertiary/aromatic N) is 4. The van der Waals surface area contributed by atoms with Gasteiger partial charge in [-0.05, 0) is 54.4 Å². The molecule has 1 saturated carbocycles. The number of aromatic nitrogens is 6. The Morgan fingerprint density at radius 1 is 1.10 bits per heavy atom. The van der Waals surface area contributed by atoms with Gasteiger partial charge in [-0.15, -0.1) is 5.10 Å². The minimum absolute atomic E-state index is 0.124. The standard InChI is InChI=1S/C19H20F3N7O/c20-19(21,22)16-10-15(24-25-16)14-7-5-13(6-8-14)12-3-1-11(2-4-12)9-17(30)23-18-26-28-29-27-18/h5-8,10-12H,1-4,9H2,(H,24,25)(H2,23,26,27,28,29,30). The highest BCUT2D eigenvalue weighted by Crippen LogP contribution is 2.38. The van der Waals surface area contributed by atoms with E-state index < -0.39 is 11.9 Å². The van der Waals surface area contributed by atoms with Gasteiger partial charge in [-0.1, -0.05) is 29.4 Å². The van der Waals surface area contributed by atoms with E-state index in [2.05, 4.69) is 31.0 Å². The maximum atomic E-state index is 12.7. The summed E-state index contributed by atoms with van der Waals surface area (Å²) in [5, 5.41) is 21.5. The molecule has 0 atom stereocenters. The SMILES string of the molecule is O=C(CC1CCC(c2ccc(-c3cc(C(F)(F)F)[nH]n3)cc2)CC1)Nc1nn[nH]n1. The number of hydrogen-bond donors (Lipinski definition) is 3. The molecule has 158 valence electrons. The molecule has 1 aliphatic rings. The molecule has 2 aromatic heterocycles. The van der Waals surface area contributed by atoms with Crippen LogP contribution in [0.25, 0.3) is 11.3 Å². The number of alkyl halides is 3. The van der Waals surface area contributed by atoms with Gasteiger partial charge in [0.2, 0.25) is 5.91 Å². The van der Waals surface area contributed by atoms with Crippen molar-refractivity contribution >= 4 is 11.9 Å². The molecular formula is C19H20F3N7O. The summed E-state index contributed by atoms with van der Waals surface area (Å²) in [6.45, 7) is 0. The van der Waals surface area contributed by atoms with Gasteiger partial charge in [-0.3, -0.25) is 15.2 Å². The second kappa shape index (κ2) is 8.25. The summed E-state index contributed by atoms with van der Waals surface area (Å²) in [6, 6.07) is 8.52. The van der Waals surface area contributed by atoms with Crippen LogP contribution in [0.2, 0.25) is 0 Å². The van der Waals surface area contributed by atoms with Crippen LogP contribution in [-0.2, 0) is 11.0 Å². The lowest BCUT2D eigenvalue weighted by atomic mass is 9.77. The molecule has 11 heteroatoms. The van der Waals surface area contributed by atoms with E-state index in [-0.39, 0.29) is 17.5 Å².